The Kier molecular flexibility index (Phi) is 3.47. The molecule has 0 fully saturated rings. The standard InChI is InChI=1S/C14H13N3O2/c15-11-2-1-3-12(8-11)17-14(19)10-6-4-9(5-7-10)13(16)18/h1-8H,15H2,(H2,16,18)(H,17,19). The number of anilines is 2. The molecule has 2 aromatic rings. The molecule has 0 aliphatic carbocycles. The number of hydrogen-bond donors (Lipinski definition) is 3. The van der Waals surface area contributed by atoms with E-state index < -0.39 is 5.91 Å². The molecule has 2 amide bonds. The Hall–Kier alpha value is -2.82. The molecule has 2 rings (SSSR count). The predicted molar refractivity (Wildman–Crippen MR) is 73.8 cm³/mol. The van der Waals surface area contributed by atoms with E-state index in [1.165, 1.54) is 12.1 Å². The van der Waals surface area contributed by atoms with E-state index in [2.05, 4.69) is 5.32 Å². The molecule has 0 atom stereocenters. The Morgan fingerprint density at radius 1 is 0.947 bits per heavy atom. The maximum absolute atomic E-state index is 11.9. The second-order valence-corrected chi connectivity index (χ2v) is 4.02. The number of amides is 2. The highest BCUT2D eigenvalue weighted by atomic mass is 16.2. The summed E-state index contributed by atoms with van der Waals surface area (Å²) < 4.78 is 0. The van der Waals surface area contributed by atoms with Crippen LogP contribution in [0.25, 0.3) is 0 Å². The number of nitrogens with one attached hydrogen (secondary N) is 1. The van der Waals surface area contributed by atoms with Crippen LogP contribution in [0.15, 0.2) is 48.5 Å². The first-order valence-corrected chi connectivity index (χ1v) is 5.63. The summed E-state index contributed by atoms with van der Waals surface area (Å²) >= 11 is 0. The first-order valence-electron chi connectivity index (χ1n) is 5.63. The monoisotopic (exact) mass is 255 g/mol. The van der Waals surface area contributed by atoms with Gasteiger partial charge in [-0.1, -0.05) is 6.07 Å². The fourth-order valence-corrected chi connectivity index (χ4v) is 1.61. The number of benzene rings is 2. The lowest BCUT2D eigenvalue weighted by atomic mass is 10.1. The second-order valence-electron chi connectivity index (χ2n) is 4.02. The molecule has 5 heteroatoms. The molecule has 19 heavy (non-hydrogen) atoms. The van der Waals surface area contributed by atoms with Crippen molar-refractivity contribution in [3.63, 3.8) is 0 Å². The quantitative estimate of drug-likeness (QED) is 0.727. The summed E-state index contributed by atoms with van der Waals surface area (Å²) in [6, 6.07) is 13.0. The third-order valence-electron chi connectivity index (χ3n) is 2.58. The normalized spacial score (nSPS) is 9.89. The predicted octanol–water partition coefficient (Wildman–Crippen LogP) is 1.62. The van der Waals surface area contributed by atoms with Crippen molar-refractivity contribution in [2.24, 2.45) is 5.73 Å². The number of nitrogens with two attached hydrogens (primary N) is 2. The van der Waals surface area contributed by atoms with Crippen LogP contribution in [0.5, 0.6) is 0 Å². The molecule has 0 heterocycles. The van der Waals surface area contributed by atoms with Crippen LogP contribution in [0.1, 0.15) is 20.7 Å². The maximum atomic E-state index is 11.9. The minimum absolute atomic E-state index is 0.276. The summed E-state index contributed by atoms with van der Waals surface area (Å²) in [7, 11) is 0. The van der Waals surface area contributed by atoms with E-state index in [0.29, 0.717) is 22.5 Å². The topological polar surface area (TPSA) is 98.2 Å². The molecule has 0 aliphatic rings. The number of carbonyl (C=O) groups is 2. The van der Waals surface area contributed by atoms with Crippen LogP contribution in [-0.4, -0.2) is 11.8 Å². The van der Waals surface area contributed by atoms with Crippen LogP contribution in [0, 0.1) is 0 Å². The van der Waals surface area contributed by atoms with E-state index in [1.807, 2.05) is 0 Å². The van der Waals surface area contributed by atoms with Gasteiger partial charge in [-0.15, -0.1) is 0 Å². The molecule has 0 aliphatic heterocycles. The van der Waals surface area contributed by atoms with Gasteiger partial charge in [-0.05, 0) is 42.5 Å². The lowest BCUT2D eigenvalue weighted by Crippen LogP contribution is -2.14. The van der Waals surface area contributed by atoms with Crippen LogP contribution in [0.3, 0.4) is 0 Å². The van der Waals surface area contributed by atoms with E-state index >= 15 is 0 Å². The number of hydrogen-bond acceptors (Lipinski definition) is 3. The Morgan fingerprint density at radius 3 is 2.16 bits per heavy atom. The van der Waals surface area contributed by atoms with Gasteiger partial charge in [0.05, 0.1) is 0 Å². The van der Waals surface area contributed by atoms with Gasteiger partial charge in [0, 0.05) is 22.5 Å². The number of primary amides is 1. The Labute approximate surface area is 110 Å². The molecule has 0 saturated heterocycles. The van der Waals surface area contributed by atoms with Crippen LogP contribution in [0.2, 0.25) is 0 Å². The van der Waals surface area contributed by atoms with Crippen molar-refractivity contribution >= 4 is 23.2 Å². The molecule has 0 aromatic heterocycles. The summed E-state index contributed by atoms with van der Waals surface area (Å²) in [5.41, 5.74) is 12.7. The van der Waals surface area contributed by atoms with Gasteiger partial charge in [-0.25, -0.2) is 0 Å². The van der Waals surface area contributed by atoms with Crippen molar-refractivity contribution in [2.75, 3.05) is 11.1 Å². The highest BCUT2D eigenvalue weighted by Gasteiger charge is 2.07. The minimum atomic E-state index is -0.525. The number of nitrogen functional groups attached to an aromatic ring is 1. The van der Waals surface area contributed by atoms with Gasteiger partial charge in [0.25, 0.3) is 5.91 Å². The number of carbonyl (C=O) groups excluding carboxylic acids is 2. The lowest BCUT2D eigenvalue weighted by molar-refractivity contribution is 0.0995. The Bertz CT molecular complexity index is 621. The maximum Gasteiger partial charge on any atom is 0.255 e. The summed E-state index contributed by atoms with van der Waals surface area (Å²) in [6.45, 7) is 0. The van der Waals surface area contributed by atoms with E-state index in [9.17, 15) is 9.59 Å². The van der Waals surface area contributed by atoms with Crippen molar-refractivity contribution < 1.29 is 9.59 Å². The average molecular weight is 255 g/mol. The summed E-state index contributed by atoms with van der Waals surface area (Å²) in [6.07, 6.45) is 0. The molecule has 0 radical (unpaired) electrons. The Balaban J connectivity index is 2.14. The van der Waals surface area contributed by atoms with Gasteiger partial charge in [0.2, 0.25) is 5.91 Å². The van der Waals surface area contributed by atoms with Crippen molar-refractivity contribution in [3.05, 3.63) is 59.7 Å². The third kappa shape index (κ3) is 3.10. The van der Waals surface area contributed by atoms with Gasteiger partial charge in [0.1, 0.15) is 0 Å². The summed E-state index contributed by atoms with van der Waals surface area (Å²) in [5, 5.41) is 2.71. The van der Waals surface area contributed by atoms with Gasteiger partial charge in [0.15, 0.2) is 0 Å². The van der Waals surface area contributed by atoms with E-state index in [0.717, 1.165) is 0 Å². The first-order chi connectivity index (χ1) is 9.06. The molecule has 2 aromatic carbocycles. The zero-order valence-electron chi connectivity index (χ0n) is 10.1. The van der Waals surface area contributed by atoms with Crippen LogP contribution < -0.4 is 16.8 Å². The fourth-order valence-electron chi connectivity index (χ4n) is 1.61. The van der Waals surface area contributed by atoms with Crippen molar-refractivity contribution in [2.45, 2.75) is 0 Å². The minimum Gasteiger partial charge on any atom is -0.399 e. The average Bonchev–Trinajstić information content (AvgIpc) is 2.39. The second kappa shape index (κ2) is 5.22. The van der Waals surface area contributed by atoms with Crippen LogP contribution >= 0.6 is 0 Å². The highest BCUT2D eigenvalue weighted by Crippen LogP contribution is 2.13. The number of rotatable bonds is 3. The molecule has 5 N–H and O–H groups in total. The molecule has 0 unspecified atom stereocenters. The third-order valence-corrected chi connectivity index (χ3v) is 2.58. The van der Waals surface area contributed by atoms with E-state index in [4.69, 9.17) is 11.5 Å². The first kappa shape index (κ1) is 12.6. The van der Waals surface area contributed by atoms with Gasteiger partial charge in [-0.3, -0.25) is 9.59 Å². The summed E-state index contributed by atoms with van der Waals surface area (Å²) in [4.78, 5) is 22.9. The van der Waals surface area contributed by atoms with Crippen molar-refractivity contribution in [1.29, 1.82) is 0 Å². The molecule has 5 nitrogen and oxygen atoms in total. The molecular weight excluding hydrogens is 242 g/mol. The molecule has 0 saturated carbocycles. The van der Waals surface area contributed by atoms with Gasteiger partial charge >= 0.3 is 0 Å². The summed E-state index contributed by atoms with van der Waals surface area (Å²) in [5.74, 6) is -0.801. The zero-order valence-corrected chi connectivity index (χ0v) is 10.1. The van der Waals surface area contributed by atoms with Gasteiger partial charge in [-0.2, -0.15) is 0 Å². The zero-order chi connectivity index (χ0) is 13.8. The van der Waals surface area contributed by atoms with E-state index in [1.54, 1.807) is 36.4 Å². The lowest BCUT2D eigenvalue weighted by Gasteiger charge is -2.06. The van der Waals surface area contributed by atoms with Gasteiger partial charge < -0.3 is 16.8 Å². The molecular formula is C14H13N3O2. The van der Waals surface area contributed by atoms with Crippen LogP contribution in [0.4, 0.5) is 11.4 Å². The van der Waals surface area contributed by atoms with E-state index in [-0.39, 0.29) is 5.91 Å². The largest absolute Gasteiger partial charge is 0.399 e. The fraction of sp³-hybridized carbons (Fsp3) is 0. The molecule has 0 spiro atoms. The molecule has 96 valence electrons. The molecule has 0 bridgehead atoms. The Morgan fingerprint density at radius 2 is 1.58 bits per heavy atom. The smallest absolute Gasteiger partial charge is 0.255 e. The van der Waals surface area contributed by atoms with Crippen LogP contribution in [-0.2, 0) is 0 Å². The highest BCUT2D eigenvalue weighted by molar-refractivity contribution is 6.05. The SMILES string of the molecule is NC(=O)c1ccc(C(=O)Nc2cccc(N)c2)cc1. The van der Waals surface area contributed by atoms with Crippen molar-refractivity contribution in [3.8, 4) is 0 Å². The van der Waals surface area contributed by atoms with Crippen molar-refractivity contribution in [1.82, 2.24) is 0 Å².